The normalized spacial score (nSPS) is 27.6. The van der Waals surface area contributed by atoms with Gasteiger partial charge in [0.15, 0.2) is 5.58 Å². The molecular formula is C15H19N3O. The molecule has 19 heavy (non-hydrogen) atoms. The molecule has 1 aromatic heterocycles. The van der Waals surface area contributed by atoms with Gasteiger partial charge in [-0.2, -0.15) is 4.98 Å². The van der Waals surface area contributed by atoms with Gasteiger partial charge in [-0.05, 0) is 44.4 Å². The molecule has 3 heterocycles. The van der Waals surface area contributed by atoms with E-state index in [0.29, 0.717) is 12.1 Å². The van der Waals surface area contributed by atoms with Gasteiger partial charge in [0.2, 0.25) is 0 Å². The van der Waals surface area contributed by atoms with E-state index in [2.05, 4.69) is 15.2 Å². The number of oxazole rings is 1. The maximum atomic E-state index is 5.75. The zero-order valence-corrected chi connectivity index (χ0v) is 11.0. The van der Waals surface area contributed by atoms with Crippen molar-refractivity contribution in [3.8, 4) is 0 Å². The number of aromatic nitrogens is 1. The van der Waals surface area contributed by atoms with E-state index in [1.807, 2.05) is 24.3 Å². The third kappa shape index (κ3) is 2.10. The summed E-state index contributed by atoms with van der Waals surface area (Å²) in [5.74, 6) is 0. The first-order valence-corrected chi connectivity index (χ1v) is 7.25. The molecule has 1 aromatic carbocycles. The standard InChI is InChI=1S/C15H19N3O/c1-2-6-14-13(5-1)17-15(19-14)16-11-7-9-18-8-3-4-12(18)10-11/h1-2,5-6,11-12H,3-4,7-10H2,(H,16,17). The van der Waals surface area contributed by atoms with Crippen molar-refractivity contribution in [2.75, 3.05) is 18.4 Å². The van der Waals surface area contributed by atoms with Crippen molar-refractivity contribution in [3.05, 3.63) is 24.3 Å². The third-order valence-corrected chi connectivity index (χ3v) is 4.44. The zero-order valence-electron chi connectivity index (χ0n) is 11.0. The molecule has 0 bridgehead atoms. The van der Waals surface area contributed by atoms with E-state index >= 15 is 0 Å². The number of nitrogens with zero attached hydrogens (tertiary/aromatic N) is 2. The fraction of sp³-hybridized carbons (Fsp3) is 0.533. The van der Waals surface area contributed by atoms with Gasteiger partial charge in [0.1, 0.15) is 5.52 Å². The van der Waals surface area contributed by atoms with Gasteiger partial charge < -0.3 is 14.6 Å². The Kier molecular flexibility index (Phi) is 2.69. The monoisotopic (exact) mass is 257 g/mol. The molecule has 0 aliphatic carbocycles. The van der Waals surface area contributed by atoms with E-state index in [1.165, 1.54) is 38.8 Å². The van der Waals surface area contributed by atoms with Crippen LogP contribution in [0.3, 0.4) is 0 Å². The van der Waals surface area contributed by atoms with Crippen LogP contribution in [0.15, 0.2) is 28.7 Å². The summed E-state index contributed by atoms with van der Waals surface area (Å²) in [4.78, 5) is 7.13. The minimum Gasteiger partial charge on any atom is -0.424 e. The molecule has 4 heteroatoms. The van der Waals surface area contributed by atoms with Gasteiger partial charge in [-0.1, -0.05) is 12.1 Å². The second-order valence-corrected chi connectivity index (χ2v) is 5.68. The van der Waals surface area contributed by atoms with Crippen LogP contribution >= 0.6 is 0 Å². The molecular weight excluding hydrogens is 238 g/mol. The van der Waals surface area contributed by atoms with Gasteiger partial charge in [0, 0.05) is 18.6 Å². The fourth-order valence-electron chi connectivity index (χ4n) is 3.46. The fourth-order valence-corrected chi connectivity index (χ4v) is 3.46. The zero-order chi connectivity index (χ0) is 12.7. The van der Waals surface area contributed by atoms with Crippen molar-refractivity contribution in [2.24, 2.45) is 0 Å². The van der Waals surface area contributed by atoms with Crippen LogP contribution in [-0.2, 0) is 0 Å². The summed E-state index contributed by atoms with van der Waals surface area (Å²) in [5, 5.41) is 3.48. The van der Waals surface area contributed by atoms with Gasteiger partial charge in [-0.25, -0.2) is 0 Å². The molecule has 2 aliphatic heterocycles. The van der Waals surface area contributed by atoms with Gasteiger partial charge in [0.25, 0.3) is 6.01 Å². The van der Waals surface area contributed by atoms with E-state index in [-0.39, 0.29) is 0 Å². The van der Waals surface area contributed by atoms with E-state index in [9.17, 15) is 0 Å². The highest BCUT2D eigenvalue weighted by molar-refractivity contribution is 5.74. The Morgan fingerprint density at radius 2 is 2.16 bits per heavy atom. The molecule has 0 amide bonds. The number of piperidine rings is 1. The molecule has 0 spiro atoms. The number of fused-ring (bicyclic) bond motifs is 2. The number of nitrogens with one attached hydrogen (secondary N) is 1. The topological polar surface area (TPSA) is 41.3 Å². The molecule has 0 radical (unpaired) electrons. The quantitative estimate of drug-likeness (QED) is 0.898. The Balaban J connectivity index is 1.48. The molecule has 2 aromatic rings. The highest BCUT2D eigenvalue weighted by Gasteiger charge is 2.32. The van der Waals surface area contributed by atoms with Gasteiger partial charge in [-0.15, -0.1) is 0 Å². The van der Waals surface area contributed by atoms with Crippen molar-refractivity contribution in [1.29, 1.82) is 0 Å². The first-order valence-electron chi connectivity index (χ1n) is 7.25. The Bertz CT molecular complexity index is 547. The van der Waals surface area contributed by atoms with E-state index < -0.39 is 0 Å². The summed E-state index contributed by atoms with van der Waals surface area (Å²) in [5.41, 5.74) is 1.80. The van der Waals surface area contributed by atoms with Crippen molar-refractivity contribution in [3.63, 3.8) is 0 Å². The Morgan fingerprint density at radius 1 is 1.21 bits per heavy atom. The maximum absolute atomic E-state index is 5.75. The molecule has 2 aliphatic rings. The average Bonchev–Trinajstić information content (AvgIpc) is 3.03. The van der Waals surface area contributed by atoms with E-state index in [0.717, 1.165) is 17.1 Å². The second-order valence-electron chi connectivity index (χ2n) is 5.68. The first-order chi connectivity index (χ1) is 9.38. The number of hydrogen-bond acceptors (Lipinski definition) is 4. The molecule has 4 rings (SSSR count). The van der Waals surface area contributed by atoms with Gasteiger partial charge in [0.05, 0.1) is 0 Å². The molecule has 0 saturated carbocycles. The lowest BCUT2D eigenvalue weighted by Crippen LogP contribution is -2.42. The number of hydrogen-bond donors (Lipinski definition) is 1. The summed E-state index contributed by atoms with van der Waals surface area (Å²) in [6, 6.07) is 9.89. The summed E-state index contributed by atoms with van der Waals surface area (Å²) in [6.45, 7) is 2.50. The van der Waals surface area contributed by atoms with Crippen molar-refractivity contribution >= 4 is 17.1 Å². The Hall–Kier alpha value is -1.55. The predicted molar refractivity (Wildman–Crippen MR) is 75.2 cm³/mol. The average molecular weight is 257 g/mol. The number of anilines is 1. The van der Waals surface area contributed by atoms with Crippen LogP contribution in [0.25, 0.3) is 11.1 Å². The lowest BCUT2D eigenvalue weighted by atomic mass is 9.98. The number of rotatable bonds is 2. The first kappa shape index (κ1) is 11.3. The lowest BCUT2D eigenvalue weighted by Gasteiger charge is -2.34. The smallest absolute Gasteiger partial charge is 0.295 e. The molecule has 2 saturated heterocycles. The van der Waals surface area contributed by atoms with Crippen LogP contribution in [0, 0.1) is 0 Å². The molecule has 100 valence electrons. The summed E-state index contributed by atoms with van der Waals surface area (Å²) in [6.07, 6.45) is 5.12. The molecule has 2 fully saturated rings. The van der Waals surface area contributed by atoms with Crippen molar-refractivity contribution in [2.45, 2.75) is 37.8 Å². The molecule has 1 N–H and O–H groups in total. The summed E-state index contributed by atoms with van der Waals surface area (Å²) >= 11 is 0. The van der Waals surface area contributed by atoms with Crippen LogP contribution < -0.4 is 5.32 Å². The van der Waals surface area contributed by atoms with Crippen LogP contribution in [0.1, 0.15) is 25.7 Å². The SMILES string of the molecule is c1ccc2oc(NC3CCN4CCCC4C3)nc2c1. The van der Waals surface area contributed by atoms with Gasteiger partial charge >= 0.3 is 0 Å². The van der Waals surface area contributed by atoms with Crippen molar-refractivity contribution in [1.82, 2.24) is 9.88 Å². The van der Waals surface area contributed by atoms with Gasteiger partial charge in [-0.3, -0.25) is 0 Å². The Labute approximate surface area is 112 Å². The van der Waals surface area contributed by atoms with Crippen LogP contribution in [-0.4, -0.2) is 35.1 Å². The second kappa shape index (κ2) is 4.53. The highest BCUT2D eigenvalue weighted by Crippen LogP contribution is 2.29. The van der Waals surface area contributed by atoms with Crippen LogP contribution in [0.4, 0.5) is 6.01 Å². The minimum absolute atomic E-state index is 0.507. The van der Waals surface area contributed by atoms with Crippen LogP contribution in [0.2, 0.25) is 0 Å². The summed E-state index contributed by atoms with van der Waals surface area (Å²) < 4.78 is 5.75. The molecule has 2 atom stereocenters. The van der Waals surface area contributed by atoms with Crippen LogP contribution in [0.5, 0.6) is 0 Å². The largest absolute Gasteiger partial charge is 0.424 e. The third-order valence-electron chi connectivity index (χ3n) is 4.44. The predicted octanol–water partition coefficient (Wildman–Crippen LogP) is 2.87. The molecule has 4 nitrogen and oxygen atoms in total. The summed E-state index contributed by atoms with van der Waals surface area (Å²) in [7, 11) is 0. The van der Waals surface area contributed by atoms with E-state index in [1.54, 1.807) is 0 Å². The van der Waals surface area contributed by atoms with Crippen molar-refractivity contribution < 1.29 is 4.42 Å². The highest BCUT2D eigenvalue weighted by atomic mass is 16.4. The number of para-hydroxylation sites is 2. The van der Waals surface area contributed by atoms with E-state index in [4.69, 9.17) is 4.42 Å². The minimum atomic E-state index is 0.507. The molecule has 2 unspecified atom stereocenters. The maximum Gasteiger partial charge on any atom is 0.295 e. The number of benzene rings is 1. The Morgan fingerprint density at radius 3 is 3.11 bits per heavy atom. The lowest BCUT2D eigenvalue weighted by molar-refractivity contribution is 0.187.